The molecule has 2 aromatic carbocycles. The Morgan fingerprint density at radius 2 is 1.08 bits per heavy atom. The van der Waals surface area contributed by atoms with Crippen molar-refractivity contribution in [2.24, 2.45) is 0 Å². The first-order chi connectivity index (χ1) is 17.9. The zero-order valence-corrected chi connectivity index (χ0v) is 23.6. The number of hydrogen-bond acceptors (Lipinski definition) is 8. The molecule has 0 saturated heterocycles. The van der Waals surface area contributed by atoms with Crippen LogP contribution in [0.5, 0.6) is 0 Å². The van der Waals surface area contributed by atoms with Crippen LogP contribution < -0.4 is 0 Å². The Bertz CT molecular complexity index is 1000. The van der Waals surface area contributed by atoms with E-state index in [2.05, 4.69) is 0 Å². The maximum Gasteiger partial charge on any atom is 0.313 e. The Kier molecular flexibility index (Phi) is 14.8. The lowest BCUT2D eigenvalue weighted by Crippen LogP contribution is -2.30. The molecule has 0 heterocycles. The molecule has 8 heteroatoms. The monoisotopic (exact) mass is 526 g/mol. The predicted octanol–water partition coefficient (Wildman–Crippen LogP) is 4.06. The normalized spacial score (nSPS) is 10.9. The summed E-state index contributed by atoms with van der Waals surface area (Å²) >= 11 is 0. The van der Waals surface area contributed by atoms with Crippen molar-refractivity contribution < 1.29 is 28.7 Å². The second-order valence-electron chi connectivity index (χ2n) is 10.1. The summed E-state index contributed by atoms with van der Waals surface area (Å²) in [5.74, 6) is -1.16. The molecule has 0 aromatic heterocycles. The number of ketones is 2. The van der Waals surface area contributed by atoms with Crippen LogP contribution in [0.25, 0.3) is 0 Å². The molecule has 0 spiro atoms. The van der Waals surface area contributed by atoms with Gasteiger partial charge in [0.2, 0.25) is 0 Å². The molecule has 0 aliphatic carbocycles. The smallest absolute Gasteiger partial charge is 0.313 e. The summed E-state index contributed by atoms with van der Waals surface area (Å²) in [6, 6.07) is 19.8. The Morgan fingerprint density at radius 1 is 0.684 bits per heavy atom. The van der Waals surface area contributed by atoms with Crippen molar-refractivity contribution in [2.45, 2.75) is 59.2 Å². The van der Waals surface area contributed by atoms with Crippen LogP contribution in [-0.2, 0) is 41.7 Å². The van der Waals surface area contributed by atoms with Crippen molar-refractivity contribution in [1.29, 1.82) is 0 Å². The van der Waals surface area contributed by atoms with Gasteiger partial charge in [-0.3, -0.25) is 29.0 Å². The van der Waals surface area contributed by atoms with Gasteiger partial charge in [-0.15, -0.1) is 0 Å². The highest BCUT2D eigenvalue weighted by Crippen LogP contribution is 2.09. The lowest BCUT2D eigenvalue weighted by molar-refractivity contribution is -0.156. The fraction of sp³-hybridized carbons (Fsp3) is 0.467. The second kappa shape index (κ2) is 17.2. The highest BCUT2D eigenvalue weighted by Gasteiger charge is 2.19. The summed E-state index contributed by atoms with van der Waals surface area (Å²) in [6.07, 6.45) is -0.316. The van der Waals surface area contributed by atoms with Gasteiger partial charge in [-0.25, -0.2) is 0 Å². The van der Waals surface area contributed by atoms with E-state index in [0.717, 1.165) is 11.1 Å². The molecule has 8 nitrogen and oxygen atoms in total. The number of carbonyl (C=O) groups is 4. The summed E-state index contributed by atoms with van der Waals surface area (Å²) in [5, 5.41) is 0. The average molecular weight is 527 g/mol. The Morgan fingerprint density at radius 3 is 1.45 bits per heavy atom. The Balaban J connectivity index is 0.000000382. The Labute approximate surface area is 226 Å². The van der Waals surface area contributed by atoms with E-state index in [0.29, 0.717) is 19.7 Å². The van der Waals surface area contributed by atoms with Gasteiger partial charge >= 0.3 is 11.9 Å². The number of rotatable bonds is 13. The van der Waals surface area contributed by atoms with Crippen molar-refractivity contribution in [1.82, 2.24) is 9.80 Å². The second-order valence-corrected chi connectivity index (χ2v) is 10.1. The van der Waals surface area contributed by atoms with E-state index in [1.54, 1.807) is 27.7 Å². The molecule has 208 valence electrons. The van der Waals surface area contributed by atoms with E-state index in [1.165, 1.54) is 0 Å². The first-order valence-corrected chi connectivity index (χ1v) is 12.7. The largest absolute Gasteiger partial charge is 0.466 e. The first-order valence-electron chi connectivity index (χ1n) is 12.7. The van der Waals surface area contributed by atoms with E-state index in [-0.39, 0.29) is 37.5 Å². The third-order valence-electron chi connectivity index (χ3n) is 4.89. The van der Waals surface area contributed by atoms with Crippen LogP contribution in [-0.4, -0.2) is 72.7 Å². The molecule has 0 aliphatic heterocycles. The summed E-state index contributed by atoms with van der Waals surface area (Å²) in [7, 11) is 3.72. The van der Waals surface area contributed by atoms with E-state index in [1.807, 2.05) is 84.6 Å². The molecule has 0 fully saturated rings. The van der Waals surface area contributed by atoms with Gasteiger partial charge in [-0.05, 0) is 52.9 Å². The summed E-state index contributed by atoms with van der Waals surface area (Å²) in [5.41, 5.74) is 1.73. The number of nitrogens with zero attached hydrogens (tertiary/aromatic N) is 2. The van der Waals surface area contributed by atoms with Gasteiger partial charge in [0.15, 0.2) is 11.6 Å². The van der Waals surface area contributed by atoms with Gasteiger partial charge in [0.05, 0.1) is 19.7 Å². The number of esters is 2. The number of likely N-dealkylation sites (N-methyl/N-ethyl adjacent to an activating group) is 2. The molecule has 0 aliphatic rings. The minimum atomic E-state index is -0.548. The fourth-order valence-electron chi connectivity index (χ4n) is 3.53. The molecule has 0 bridgehead atoms. The minimum absolute atomic E-state index is 0.119. The number of carbonyl (C=O) groups excluding carboxylic acids is 4. The summed E-state index contributed by atoms with van der Waals surface area (Å²) < 4.78 is 9.86. The van der Waals surface area contributed by atoms with Gasteiger partial charge in [0.25, 0.3) is 0 Å². The molecular formula is C30H42N2O6. The molecule has 2 aromatic rings. The SMILES string of the molecule is CCOC(=O)CC(=O)CN(C)Cc1ccccc1.CN(CC(=O)CC(=O)OC(C)(C)C)Cc1ccccc1. The van der Waals surface area contributed by atoms with E-state index in [4.69, 9.17) is 9.47 Å². The van der Waals surface area contributed by atoms with E-state index < -0.39 is 17.5 Å². The van der Waals surface area contributed by atoms with E-state index in [9.17, 15) is 19.2 Å². The van der Waals surface area contributed by atoms with Crippen LogP contribution in [0.4, 0.5) is 0 Å². The fourth-order valence-corrected chi connectivity index (χ4v) is 3.53. The highest BCUT2D eigenvalue weighted by molar-refractivity contribution is 5.97. The van der Waals surface area contributed by atoms with Crippen molar-refractivity contribution >= 4 is 23.5 Å². The molecule has 2 rings (SSSR count). The van der Waals surface area contributed by atoms with Crippen LogP contribution in [0.3, 0.4) is 0 Å². The number of ether oxygens (including phenoxy) is 2. The maximum atomic E-state index is 11.8. The number of benzene rings is 2. The van der Waals surface area contributed by atoms with Crippen LogP contribution in [0.1, 0.15) is 51.7 Å². The standard InChI is InChI=1S/C16H23NO3.C14H19NO3/c1-16(2,3)20-15(19)10-14(18)12-17(4)11-13-8-6-5-7-9-13;1-3-18-14(17)9-13(16)11-15(2)10-12-7-5-4-6-8-12/h5-9H,10-12H2,1-4H3;4-8H,3,9-11H2,1-2H3. The van der Waals surface area contributed by atoms with Crippen LogP contribution in [0.15, 0.2) is 60.7 Å². The lowest BCUT2D eigenvalue weighted by atomic mass is 10.2. The molecule has 0 saturated carbocycles. The zero-order chi connectivity index (χ0) is 28.6. The molecule has 38 heavy (non-hydrogen) atoms. The highest BCUT2D eigenvalue weighted by atomic mass is 16.6. The van der Waals surface area contributed by atoms with Crippen LogP contribution in [0.2, 0.25) is 0 Å². The van der Waals surface area contributed by atoms with Gasteiger partial charge in [-0.2, -0.15) is 0 Å². The first kappa shape index (κ1) is 32.7. The molecule has 0 amide bonds. The number of hydrogen-bond donors (Lipinski definition) is 0. The summed E-state index contributed by atoms with van der Waals surface area (Å²) in [4.78, 5) is 49.8. The van der Waals surface area contributed by atoms with Gasteiger partial charge in [-0.1, -0.05) is 60.7 Å². The maximum absolute atomic E-state index is 11.8. The van der Waals surface area contributed by atoms with Gasteiger partial charge in [0.1, 0.15) is 18.4 Å². The van der Waals surface area contributed by atoms with Crippen molar-refractivity contribution in [3.8, 4) is 0 Å². The third-order valence-corrected chi connectivity index (χ3v) is 4.89. The van der Waals surface area contributed by atoms with Crippen LogP contribution in [0, 0.1) is 0 Å². The molecule has 0 atom stereocenters. The van der Waals surface area contributed by atoms with Crippen LogP contribution >= 0.6 is 0 Å². The topological polar surface area (TPSA) is 93.2 Å². The third kappa shape index (κ3) is 16.4. The Hall–Kier alpha value is -3.36. The van der Waals surface area contributed by atoms with Crippen molar-refractivity contribution in [2.75, 3.05) is 33.8 Å². The average Bonchev–Trinajstić information content (AvgIpc) is 2.79. The van der Waals surface area contributed by atoms with E-state index >= 15 is 0 Å². The zero-order valence-electron chi connectivity index (χ0n) is 23.6. The molecule has 0 unspecified atom stereocenters. The predicted molar refractivity (Wildman–Crippen MR) is 147 cm³/mol. The van der Waals surface area contributed by atoms with Gasteiger partial charge < -0.3 is 9.47 Å². The summed E-state index contributed by atoms with van der Waals surface area (Å²) in [6.45, 7) is 9.28. The molecule has 0 N–H and O–H groups in total. The molecule has 0 radical (unpaired) electrons. The molecular weight excluding hydrogens is 484 g/mol. The number of Topliss-reactive ketones (excluding diaryl/α,β-unsaturated/α-hetero) is 2. The minimum Gasteiger partial charge on any atom is -0.466 e. The van der Waals surface area contributed by atoms with Crippen molar-refractivity contribution in [3.63, 3.8) is 0 Å². The van der Waals surface area contributed by atoms with Gasteiger partial charge in [0, 0.05) is 13.1 Å². The lowest BCUT2D eigenvalue weighted by Gasteiger charge is -2.20. The van der Waals surface area contributed by atoms with Crippen molar-refractivity contribution in [3.05, 3.63) is 71.8 Å². The quantitative estimate of drug-likeness (QED) is 0.285.